The van der Waals surface area contributed by atoms with Crippen LogP contribution in [0, 0.1) is 19.9 Å². The first kappa shape index (κ1) is 16.4. The van der Waals surface area contributed by atoms with Crippen molar-refractivity contribution in [1.82, 2.24) is 0 Å². The van der Waals surface area contributed by atoms with Crippen molar-refractivity contribution in [2.75, 3.05) is 0 Å². The molecule has 2 radical (unpaired) electrons. The van der Waals surface area contributed by atoms with Crippen LogP contribution in [0.1, 0.15) is 11.1 Å². The fraction of sp³-hybridized carbons (Fsp3) is 0.167. The van der Waals surface area contributed by atoms with Crippen LogP contribution in [-0.2, 0) is 65.4 Å². The van der Waals surface area contributed by atoms with Crippen LogP contribution in [0.3, 0.4) is 0 Å². The van der Waals surface area contributed by atoms with Crippen LogP contribution in [0.5, 0.6) is 0 Å². The summed E-state index contributed by atoms with van der Waals surface area (Å²) in [6, 6.07) is 11.3. The first-order chi connectivity index (χ1) is 6.20. The molecule has 0 aromatic heterocycles. The second kappa shape index (κ2) is 6.96. The van der Waals surface area contributed by atoms with Gasteiger partial charge in [-0.1, -0.05) is 21.5 Å². The van der Waals surface area contributed by atoms with E-state index < -0.39 is 0 Å². The zero-order valence-corrected chi connectivity index (χ0v) is 16.1. The molecule has 0 saturated carbocycles. The summed E-state index contributed by atoms with van der Waals surface area (Å²) in [5, 5.41) is 2.51. The number of halogens is 1. The molecule has 0 fully saturated rings. The monoisotopic (exact) mass is 411 g/mol. The van der Waals surface area contributed by atoms with E-state index in [1.165, 1.54) is 26.4 Å². The molecule has 0 N–H and O–H groups in total. The summed E-state index contributed by atoms with van der Waals surface area (Å²) in [4.78, 5) is 0. The molecular weight excluding hydrogens is 402 g/mol. The zero-order chi connectivity index (χ0) is 9.42. The molecule has 0 unspecified atom stereocenters. The Bertz CT molecular complexity index is 466. The van der Waals surface area contributed by atoms with Crippen molar-refractivity contribution in [3.63, 3.8) is 0 Å². The second-order valence-corrected chi connectivity index (χ2v) is 4.07. The molecule has 0 heterocycles. The molecule has 0 aliphatic rings. The second-order valence-electron chi connectivity index (χ2n) is 3.28. The van der Waals surface area contributed by atoms with E-state index in [1.807, 2.05) is 12.1 Å². The molecule has 2 rings (SSSR count). The Balaban J connectivity index is 0.000000980. The van der Waals surface area contributed by atoms with Crippen LogP contribution in [0.4, 0.5) is 0 Å². The van der Waals surface area contributed by atoms with Gasteiger partial charge in [0.2, 0.25) is 0 Å². The van der Waals surface area contributed by atoms with Crippen molar-refractivity contribution in [2.45, 2.75) is 13.8 Å². The third-order valence-corrected chi connectivity index (χ3v) is 3.45. The average Bonchev–Trinajstić information content (AvgIpc) is 2.15. The number of hydrogen-bond donors (Lipinski definition) is 0. The molecular formula is C12H10BrY2-. The van der Waals surface area contributed by atoms with E-state index in [2.05, 4.69) is 48.0 Å². The molecule has 72 valence electrons. The Labute approximate surface area is 149 Å². The van der Waals surface area contributed by atoms with Gasteiger partial charge in [0.1, 0.15) is 0 Å². The number of benzene rings is 2. The molecule has 0 atom stereocenters. The van der Waals surface area contributed by atoms with Gasteiger partial charge < -0.3 is 0 Å². The van der Waals surface area contributed by atoms with Crippen LogP contribution < -0.4 is 0 Å². The van der Waals surface area contributed by atoms with Crippen molar-refractivity contribution in [3.05, 3.63) is 45.9 Å². The Morgan fingerprint density at radius 1 is 1.20 bits per heavy atom. The van der Waals surface area contributed by atoms with E-state index >= 15 is 0 Å². The Kier molecular flexibility index (Phi) is 7.61. The van der Waals surface area contributed by atoms with Gasteiger partial charge in [-0.3, -0.25) is 0 Å². The first-order valence-electron chi connectivity index (χ1n) is 4.25. The third-order valence-electron chi connectivity index (χ3n) is 2.43. The topological polar surface area (TPSA) is 0 Å². The molecule has 3 heteroatoms. The molecule has 0 saturated heterocycles. The van der Waals surface area contributed by atoms with E-state index in [9.17, 15) is 0 Å². The number of hydrogen-bond acceptors (Lipinski definition) is 0. The van der Waals surface area contributed by atoms with Gasteiger partial charge in [-0.25, -0.2) is 0 Å². The van der Waals surface area contributed by atoms with Crippen molar-refractivity contribution >= 4 is 26.7 Å². The fourth-order valence-electron chi connectivity index (χ4n) is 1.48. The molecule has 15 heavy (non-hydrogen) atoms. The minimum atomic E-state index is 0. The Hall–Kier alpha value is 1.39. The van der Waals surface area contributed by atoms with E-state index in [4.69, 9.17) is 0 Å². The number of fused-ring (bicyclic) bond motifs is 1. The molecule has 0 amide bonds. The standard InChI is InChI=1S/C12H10Br.2Y/c1-8-7-10-5-3-4-6-11(10)12(13)9(8)2;;/h4-7H,1-2H3;;/q-1;;. The van der Waals surface area contributed by atoms with Gasteiger partial charge in [-0.15, -0.1) is 16.8 Å². The zero-order valence-electron chi connectivity index (χ0n) is 8.84. The summed E-state index contributed by atoms with van der Waals surface area (Å²) in [7, 11) is 0. The van der Waals surface area contributed by atoms with Gasteiger partial charge in [0.25, 0.3) is 0 Å². The summed E-state index contributed by atoms with van der Waals surface area (Å²) >= 11 is 3.62. The number of aryl methyl sites for hydroxylation is 1. The van der Waals surface area contributed by atoms with Crippen molar-refractivity contribution in [2.24, 2.45) is 0 Å². The minimum absolute atomic E-state index is 0. The predicted octanol–water partition coefficient (Wildman–Crippen LogP) is 4.01. The van der Waals surface area contributed by atoms with Crippen molar-refractivity contribution in [3.8, 4) is 0 Å². The molecule has 0 aliphatic heterocycles. The summed E-state index contributed by atoms with van der Waals surface area (Å²) in [5.74, 6) is 0. The van der Waals surface area contributed by atoms with Gasteiger partial charge in [-0.05, 0) is 19.4 Å². The summed E-state index contributed by atoms with van der Waals surface area (Å²) in [6.45, 7) is 4.27. The van der Waals surface area contributed by atoms with E-state index in [0.717, 1.165) is 0 Å². The molecule has 0 spiro atoms. The van der Waals surface area contributed by atoms with Gasteiger partial charge >= 0.3 is 0 Å². The molecule has 2 aromatic rings. The normalized spacial score (nSPS) is 9.27. The van der Waals surface area contributed by atoms with Gasteiger partial charge in [-0.2, -0.15) is 24.3 Å². The predicted molar refractivity (Wildman–Crippen MR) is 60.0 cm³/mol. The van der Waals surface area contributed by atoms with Gasteiger partial charge in [0.15, 0.2) is 0 Å². The quantitative estimate of drug-likeness (QED) is 0.574. The average molecular weight is 412 g/mol. The van der Waals surface area contributed by atoms with E-state index in [1.54, 1.807) is 0 Å². The van der Waals surface area contributed by atoms with Crippen LogP contribution >= 0.6 is 15.9 Å². The maximum atomic E-state index is 3.62. The summed E-state index contributed by atoms with van der Waals surface area (Å²) in [5.41, 5.74) is 2.64. The Morgan fingerprint density at radius 2 is 1.87 bits per heavy atom. The molecule has 0 nitrogen and oxygen atoms in total. The smallest absolute Gasteiger partial charge is 0.00431 e. The molecule has 0 aliphatic carbocycles. The van der Waals surface area contributed by atoms with E-state index in [0.29, 0.717) is 0 Å². The maximum Gasteiger partial charge on any atom is 0.00431 e. The molecule has 2 aromatic carbocycles. The van der Waals surface area contributed by atoms with Gasteiger partial charge in [0, 0.05) is 69.9 Å². The Morgan fingerprint density at radius 3 is 2.53 bits per heavy atom. The van der Waals surface area contributed by atoms with Crippen LogP contribution in [-0.4, -0.2) is 0 Å². The molecule has 0 bridgehead atoms. The summed E-state index contributed by atoms with van der Waals surface area (Å²) in [6.07, 6.45) is 0. The van der Waals surface area contributed by atoms with Gasteiger partial charge in [0.05, 0.1) is 0 Å². The SMILES string of the molecule is Cc1cc2c[c-]ccc2c(Br)c1C.[Y].[Y]. The minimum Gasteiger partial charge on any atom is -0.183 e. The first-order valence-corrected chi connectivity index (χ1v) is 5.05. The fourth-order valence-corrected chi connectivity index (χ4v) is 2.15. The van der Waals surface area contributed by atoms with Crippen molar-refractivity contribution in [1.29, 1.82) is 0 Å². The maximum absolute atomic E-state index is 3.62. The summed E-state index contributed by atoms with van der Waals surface area (Å²) < 4.78 is 1.21. The van der Waals surface area contributed by atoms with Crippen LogP contribution in [0.15, 0.2) is 28.7 Å². The van der Waals surface area contributed by atoms with Crippen molar-refractivity contribution < 1.29 is 65.4 Å². The third kappa shape index (κ3) is 3.42. The van der Waals surface area contributed by atoms with Crippen LogP contribution in [0.2, 0.25) is 0 Å². The van der Waals surface area contributed by atoms with Crippen LogP contribution in [0.25, 0.3) is 10.8 Å². The largest absolute Gasteiger partial charge is 0.183 e. The van der Waals surface area contributed by atoms with E-state index in [-0.39, 0.29) is 65.4 Å². The number of rotatable bonds is 0.